The van der Waals surface area contributed by atoms with Gasteiger partial charge in [0.2, 0.25) is 5.88 Å². The van der Waals surface area contributed by atoms with Crippen LogP contribution >= 0.6 is 34.8 Å². The Kier molecular flexibility index (Phi) is 4.50. The number of rotatable bonds is 3. The van der Waals surface area contributed by atoms with E-state index in [0.717, 1.165) is 0 Å². The molecule has 6 heteroatoms. The van der Waals surface area contributed by atoms with E-state index in [1.807, 2.05) is 6.92 Å². The van der Waals surface area contributed by atoms with Crippen molar-refractivity contribution in [3.63, 3.8) is 0 Å². The van der Waals surface area contributed by atoms with Crippen molar-refractivity contribution in [1.82, 2.24) is 9.97 Å². The Morgan fingerprint density at radius 3 is 2.58 bits per heavy atom. The lowest BCUT2D eigenvalue weighted by molar-refractivity contribution is 0.455. The van der Waals surface area contributed by atoms with E-state index >= 15 is 0 Å². The van der Waals surface area contributed by atoms with Crippen LogP contribution in [0.25, 0.3) is 0 Å². The van der Waals surface area contributed by atoms with Crippen LogP contribution in [0, 0.1) is 6.92 Å². The van der Waals surface area contributed by atoms with E-state index in [4.69, 9.17) is 39.5 Å². The molecule has 3 nitrogen and oxygen atoms in total. The molecule has 0 bridgehead atoms. The maximum absolute atomic E-state index is 6.08. The van der Waals surface area contributed by atoms with Crippen LogP contribution < -0.4 is 4.74 Å². The van der Waals surface area contributed by atoms with Gasteiger partial charge in [0, 0.05) is 12.0 Å². The van der Waals surface area contributed by atoms with Crippen LogP contribution in [0.15, 0.2) is 18.2 Å². The van der Waals surface area contributed by atoms with E-state index in [0.29, 0.717) is 44.6 Å². The molecule has 0 aliphatic heterocycles. The number of nitrogens with zero attached hydrogens (tertiary/aromatic N) is 2. The first-order chi connectivity index (χ1) is 9.02. The molecule has 1 aromatic carbocycles. The molecule has 0 spiro atoms. The summed E-state index contributed by atoms with van der Waals surface area (Å²) in [5.41, 5.74) is 0.662. The molecule has 2 rings (SSSR count). The van der Waals surface area contributed by atoms with Crippen molar-refractivity contribution < 1.29 is 4.74 Å². The topological polar surface area (TPSA) is 35.0 Å². The van der Waals surface area contributed by atoms with Crippen LogP contribution in [0.1, 0.15) is 18.3 Å². The first-order valence-corrected chi connectivity index (χ1v) is 6.81. The van der Waals surface area contributed by atoms with E-state index in [9.17, 15) is 0 Å². The highest BCUT2D eigenvalue weighted by Crippen LogP contribution is 2.35. The number of benzene rings is 1. The monoisotopic (exact) mass is 316 g/mol. The number of hydrogen-bond acceptors (Lipinski definition) is 3. The van der Waals surface area contributed by atoms with Gasteiger partial charge < -0.3 is 4.74 Å². The Bertz CT molecular complexity index is 617. The molecule has 0 aliphatic rings. The third-order valence-electron chi connectivity index (χ3n) is 2.53. The molecule has 0 aliphatic carbocycles. The molecular weight excluding hydrogens is 307 g/mol. The lowest BCUT2D eigenvalue weighted by Gasteiger charge is -2.11. The summed E-state index contributed by atoms with van der Waals surface area (Å²) in [7, 11) is 0. The van der Waals surface area contributed by atoms with Gasteiger partial charge in [-0.2, -0.15) is 4.98 Å². The first kappa shape index (κ1) is 14.4. The van der Waals surface area contributed by atoms with Gasteiger partial charge >= 0.3 is 0 Å². The summed E-state index contributed by atoms with van der Waals surface area (Å²) in [6.45, 7) is 3.73. The predicted octanol–water partition coefficient (Wildman–Crippen LogP) is 5.10. The van der Waals surface area contributed by atoms with Gasteiger partial charge in [0.1, 0.15) is 21.7 Å². The van der Waals surface area contributed by atoms with E-state index in [2.05, 4.69) is 9.97 Å². The standard InChI is InChI=1S/C13H11Cl3N2O/c1-3-10-17-12(16)7(2)13(18-10)19-9-6-4-5-8(14)11(9)15/h4-6H,3H2,1-2H3. The molecule has 0 radical (unpaired) electrons. The molecule has 19 heavy (non-hydrogen) atoms. The van der Waals surface area contributed by atoms with Gasteiger partial charge in [-0.3, -0.25) is 0 Å². The third kappa shape index (κ3) is 3.11. The smallest absolute Gasteiger partial charge is 0.227 e. The van der Waals surface area contributed by atoms with Gasteiger partial charge in [-0.1, -0.05) is 47.8 Å². The van der Waals surface area contributed by atoms with Crippen LogP contribution in [-0.2, 0) is 6.42 Å². The Hall–Kier alpha value is -1.03. The van der Waals surface area contributed by atoms with Gasteiger partial charge in [0.05, 0.1) is 5.02 Å². The van der Waals surface area contributed by atoms with Crippen LogP contribution in [0.4, 0.5) is 0 Å². The van der Waals surface area contributed by atoms with Gasteiger partial charge in [-0.25, -0.2) is 4.98 Å². The molecule has 1 aromatic heterocycles. The van der Waals surface area contributed by atoms with Gasteiger partial charge in [0.15, 0.2) is 0 Å². The minimum Gasteiger partial charge on any atom is -0.437 e. The first-order valence-electron chi connectivity index (χ1n) is 5.67. The minimum atomic E-state index is 0.344. The van der Waals surface area contributed by atoms with Crippen molar-refractivity contribution in [2.75, 3.05) is 0 Å². The number of halogens is 3. The molecule has 0 atom stereocenters. The molecule has 0 amide bonds. The molecular formula is C13H11Cl3N2O. The fourth-order valence-electron chi connectivity index (χ4n) is 1.44. The maximum Gasteiger partial charge on any atom is 0.227 e. The molecule has 100 valence electrons. The number of ether oxygens (including phenoxy) is 1. The molecule has 1 heterocycles. The third-order valence-corrected chi connectivity index (χ3v) is 3.70. The van der Waals surface area contributed by atoms with Gasteiger partial charge in [0.25, 0.3) is 0 Å². The van der Waals surface area contributed by atoms with E-state index in [1.54, 1.807) is 25.1 Å². The van der Waals surface area contributed by atoms with Gasteiger partial charge in [-0.05, 0) is 19.1 Å². The largest absolute Gasteiger partial charge is 0.437 e. The molecule has 0 fully saturated rings. The minimum absolute atomic E-state index is 0.344. The van der Waals surface area contributed by atoms with Crippen molar-refractivity contribution in [1.29, 1.82) is 0 Å². The lowest BCUT2D eigenvalue weighted by Crippen LogP contribution is -2.00. The van der Waals surface area contributed by atoms with Crippen molar-refractivity contribution >= 4 is 34.8 Å². The zero-order valence-electron chi connectivity index (χ0n) is 10.4. The Balaban J connectivity index is 2.43. The highest BCUT2D eigenvalue weighted by atomic mass is 35.5. The highest BCUT2D eigenvalue weighted by molar-refractivity contribution is 6.42. The van der Waals surface area contributed by atoms with Crippen molar-refractivity contribution in [3.8, 4) is 11.6 Å². The summed E-state index contributed by atoms with van der Waals surface area (Å²) < 4.78 is 5.69. The summed E-state index contributed by atoms with van der Waals surface area (Å²) in [4.78, 5) is 8.45. The van der Waals surface area contributed by atoms with Crippen LogP contribution in [0.5, 0.6) is 11.6 Å². The summed E-state index contributed by atoms with van der Waals surface area (Å²) in [5, 5.41) is 1.14. The zero-order valence-corrected chi connectivity index (χ0v) is 12.6. The zero-order chi connectivity index (χ0) is 14.0. The molecule has 0 saturated carbocycles. The number of hydrogen-bond donors (Lipinski definition) is 0. The average Bonchev–Trinajstić information content (AvgIpc) is 2.39. The second-order valence-electron chi connectivity index (χ2n) is 3.87. The summed E-state index contributed by atoms with van der Waals surface area (Å²) >= 11 is 18.1. The lowest BCUT2D eigenvalue weighted by atomic mass is 10.3. The normalized spacial score (nSPS) is 10.6. The molecule has 0 unspecified atom stereocenters. The molecule has 0 saturated heterocycles. The number of aromatic nitrogens is 2. The van der Waals surface area contributed by atoms with Gasteiger partial charge in [-0.15, -0.1) is 0 Å². The summed E-state index contributed by atoms with van der Waals surface area (Å²) in [6, 6.07) is 5.16. The van der Waals surface area contributed by atoms with E-state index in [1.165, 1.54) is 0 Å². The highest BCUT2D eigenvalue weighted by Gasteiger charge is 2.13. The van der Waals surface area contributed by atoms with Crippen LogP contribution in [-0.4, -0.2) is 9.97 Å². The Labute approximate surface area is 126 Å². The second kappa shape index (κ2) is 5.95. The summed E-state index contributed by atoms with van der Waals surface area (Å²) in [6.07, 6.45) is 0.666. The predicted molar refractivity (Wildman–Crippen MR) is 77.7 cm³/mol. The SMILES string of the molecule is CCc1nc(Cl)c(C)c(Oc2cccc(Cl)c2Cl)n1. The number of aryl methyl sites for hydroxylation is 1. The Morgan fingerprint density at radius 2 is 1.89 bits per heavy atom. The summed E-state index contributed by atoms with van der Waals surface area (Å²) in [5.74, 6) is 1.44. The van der Waals surface area contributed by atoms with E-state index < -0.39 is 0 Å². The second-order valence-corrected chi connectivity index (χ2v) is 5.01. The molecule has 0 N–H and O–H groups in total. The maximum atomic E-state index is 6.08. The average molecular weight is 318 g/mol. The quantitative estimate of drug-likeness (QED) is 0.739. The Morgan fingerprint density at radius 1 is 1.16 bits per heavy atom. The van der Waals surface area contributed by atoms with Crippen molar-refractivity contribution in [2.45, 2.75) is 20.3 Å². The van der Waals surface area contributed by atoms with Crippen molar-refractivity contribution in [2.24, 2.45) is 0 Å². The van der Waals surface area contributed by atoms with E-state index in [-0.39, 0.29) is 0 Å². The fraction of sp³-hybridized carbons (Fsp3) is 0.231. The molecule has 2 aromatic rings. The van der Waals surface area contributed by atoms with Crippen molar-refractivity contribution in [3.05, 3.63) is 44.8 Å². The fourth-order valence-corrected chi connectivity index (χ4v) is 1.94. The van der Waals surface area contributed by atoms with Crippen LogP contribution in [0.2, 0.25) is 15.2 Å². The van der Waals surface area contributed by atoms with Crippen LogP contribution in [0.3, 0.4) is 0 Å².